The van der Waals surface area contributed by atoms with Crippen molar-refractivity contribution in [2.45, 2.75) is 20.0 Å². The first-order valence-electron chi connectivity index (χ1n) is 4.66. The van der Waals surface area contributed by atoms with Gasteiger partial charge in [0.25, 0.3) is 0 Å². The summed E-state index contributed by atoms with van der Waals surface area (Å²) in [6, 6.07) is 5.41. The molecule has 0 fully saturated rings. The smallest absolute Gasteiger partial charge is 0.337 e. The number of aryl methyl sites for hydroxylation is 1. The first-order chi connectivity index (χ1) is 7.06. The maximum atomic E-state index is 10.9. The van der Waals surface area contributed by atoms with Crippen LogP contribution in [0.1, 0.15) is 24.2 Å². The van der Waals surface area contributed by atoms with Crippen molar-refractivity contribution in [1.82, 2.24) is 0 Å². The third-order valence-electron chi connectivity index (χ3n) is 2.04. The quantitative estimate of drug-likeness (QED) is 0.917. The minimum absolute atomic E-state index is 0.381. The van der Waals surface area contributed by atoms with Crippen LogP contribution in [-0.2, 0) is 9.53 Å². The fourth-order valence-corrected chi connectivity index (χ4v) is 1.55. The van der Waals surface area contributed by atoms with Gasteiger partial charge in [-0.15, -0.1) is 0 Å². The van der Waals surface area contributed by atoms with Gasteiger partial charge in [0.2, 0.25) is 0 Å². The molecular weight excluding hydrogens is 260 g/mol. The highest BCUT2D eigenvalue weighted by Gasteiger charge is 2.20. The summed E-state index contributed by atoms with van der Waals surface area (Å²) in [5.74, 6) is -0.960. The molecule has 1 atom stereocenters. The van der Waals surface area contributed by atoms with E-state index in [1.807, 2.05) is 19.1 Å². The Bertz CT molecular complexity index is 363. The molecule has 0 amide bonds. The van der Waals surface area contributed by atoms with Crippen LogP contribution in [0.2, 0.25) is 0 Å². The highest BCUT2D eigenvalue weighted by molar-refractivity contribution is 9.10. The first kappa shape index (κ1) is 12.2. The van der Waals surface area contributed by atoms with Gasteiger partial charge in [0.05, 0.1) is 0 Å². The van der Waals surface area contributed by atoms with Gasteiger partial charge in [-0.05, 0) is 31.0 Å². The van der Waals surface area contributed by atoms with Crippen molar-refractivity contribution in [2.75, 3.05) is 6.61 Å². The molecule has 1 unspecified atom stereocenters. The zero-order chi connectivity index (χ0) is 11.4. The minimum Gasteiger partial charge on any atom is -0.479 e. The maximum absolute atomic E-state index is 10.9. The third-order valence-corrected chi connectivity index (χ3v) is 2.93. The van der Waals surface area contributed by atoms with Gasteiger partial charge in [0, 0.05) is 11.1 Å². The summed E-state index contributed by atoms with van der Waals surface area (Å²) in [7, 11) is 0. The summed E-state index contributed by atoms with van der Waals surface area (Å²) in [5.41, 5.74) is 1.67. The summed E-state index contributed by atoms with van der Waals surface area (Å²) in [6.07, 6.45) is -0.873. The first-order valence-corrected chi connectivity index (χ1v) is 5.46. The second kappa shape index (κ2) is 5.28. The minimum atomic E-state index is -0.960. The Kier molecular flexibility index (Phi) is 4.29. The van der Waals surface area contributed by atoms with E-state index in [1.165, 1.54) is 0 Å². The van der Waals surface area contributed by atoms with Crippen LogP contribution in [0.5, 0.6) is 0 Å². The topological polar surface area (TPSA) is 46.5 Å². The number of hydrogen-bond acceptors (Lipinski definition) is 2. The summed E-state index contributed by atoms with van der Waals surface area (Å²) >= 11 is 3.37. The lowest BCUT2D eigenvalue weighted by Gasteiger charge is -2.13. The third kappa shape index (κ3) is 3.04. The van der Waals surface area contributed by atoms with E-state index in [0.717, 1.165) is 10.0 Å². The molecule has 0 spiro atoms. The van der Waals surface area contributed by atoms with Crippen molar-refractivity contribution in [3.8, 4) is 0 Å². The van der Waals surface area contributed by atoms with Crippen molar-refractivity contribution in [1.29, 1.82) is 0 Å². The Morgan fingerprint density at radius 3 is 2.73 bits per heavy atom. The van der Waals surface area contributed by atoms with Gasteiger partial charge in [-0.25, -0.2) is 4.79 Å². The van der Waals surface area contributed by atoms with Gasteiger partial charge in [0.15, 0.2) is 6.10 Å². The van der Waals surface area contributed by atoms with Crippen LogP contribution in [0.3, 0.4) is 0 Å². The zero-order valence-electron chi connectivity index (χ0n) is 8.66. The lowest BCUT2D eigenvalue weighted by atomic mass is 10.1. The van der Waals surface area contributed by atoms with Crippen LogP contribution in [0, 0.1) is 6.92 Å². The number of carboxylic acid groups (broad SMARTS) is 1. The van der Waals surface area contributed by atoms with Crippen LogP contribution >= 0.6 is 15.9 Å². The molecular formula is C11H13BrO3. The molecule has 0 radical (unpaired) electrons. The van der Waals surface area contributed by atoms with E-state index in [4.69, 9.17) is 9.84 Å². The molecule has 0 saturated carbocycles. The SMILES string of the molecule is CCOC(C(=O)O)c1ccc(Br)c(C)c1. The molecule has 1 rings (SSSR count). The van der Waals surface area contributed by atoms with Gasteiger partial charge < -0.3 is 9.84 Å². The molecule has 4 heteroatoms. The highest BCUT2D eigenvalue weighted by atomic mass is 79.9. The normalized spacial score (nSPS) is 12.5. The molecule has 15 heavy (non-hydrogen) atoms. The number of hydrogen-bond donors (Lipinski definition) is 1. The van der Waals surface area contributed by atoms with Crippen LogP contribution in [-0.4, -0.2) is 17.7 Å². The van der Waals surface area contributed by atoms with E-state index < -0.39 is 12.1 Å². The highest BCUT2D eigenvalue weighted by Crippen LogP contribution is 2.23. The lowest BCUT2D eigenvalue weighted by Crippen LogP contribution is -2.15. The predicted octanol–water partition coefficient (Wildman–Crippen LogP) is 2.92. The fraction of sp³-hybridized carbons (Fsp3) is 0.364. The van der Waals surface area contributed by atoms with Crippen LogP contribution in [0.25, 0.3) is 0 Å². The largest absolute Gasteiger partial charge is 0.479 e. The van der Waals surface area contributed by atoms with E-state index in [-0.39, 0.29) is 0 Å². The molecule has 0 heterocycles. The number of ether oxygens (including phenoxy) is 1. The molecule has 0 aliphatic rings. The number of rotatable bonds is 4. The van der Waals surface area contributed by atoms with Gasteiger partial charge in [-0.1, -0.05) is 28.1 Å². The van der Waals surface area contributed by atoms with Crippen LogP contribution in [0.15, 0.2) is 22.7 Å². The fourth-order valence-electron chi connectivity index (χ4n) is 1.31. The summed E-state index contributed by atoms with van der Waals surface area (Å²) < 4.78 is 6.13. The monoisotopic (exact) mass is 272 g/mol. The molecule has 1 aromatic carbocycles. The van der Waals surface area contributed by atoms with E-state index in [1.54, 1.807) is 13.0 Å². The van der Waals surface area contributed by atoms with Crippen molar-refractivity contribution >= 4 is 21.9 Å². The lowest BCUT2D eigenvalue weighted by molar-refractivity contribution is -0.150. The van der Waals surface area contributed by atoms with Gasteiger partial charge >= 0.3 is 5.97 Å². The Hall–Kier alpha value is -0.870. The Morgan fingerprint density at radius 2 is 2.27 bits per heavy atom. The summed E-state index contributed by atoms with van der Waals surface area (Å²) in [4.78, 5) is 10.9. The second-order valence-electron chi connectivity index (χ2n) is 3.18. The van der Waals surface area contributed by atoms with Gasteiger partial charge in [0.1, 0.15) is 0 Å². The molecule has 0 bridgehead atoms. The number of benzene rings is 1. The number of aliphatic carboxylic acids is 1. The van der Waals surface area contributed by atoms with Crippen molar-refractivity contribution in [3.05, 3.63) is 33.8 Å². The average molecular weight is 273 g/mol. The number of halogens is 1. The van der Waals surface area contributed by atoms with Crippen molar-refractivity contribution < 1.29 is 14.6 Å². The number of carboxylic acids is 1. The molecule has 1 N–H and O–H groups in total. The average Bonchev–Trinajstić information content (AvgIpc) is 2.18. The standard InChI is InChI=1S/C11H13BrO3/c1-3-15-10(11(13)14)8-4-5-9(12)7(2)6-8/h4-6,10H,3H2,1-2H3,(H,13,14). The Balaban J connectivity index is 3.01. The van der Waals surface area contributed by atoms with Gasteiger partial charge in [-0.3, -0.25) is 0 Å². The maximum Gasteiger partial charge on any atom is 0.337 e. The van der Waals surface area contributed by atoms with E-state index in [0.29, 0.717) is 12.2 Å². The van der Waals surface area contributed by atoms with Crippen LogP contribution < -0.4 is 0 Å². The Labute approximate surface area is 97.2 Å². The molecule has 1 aromatic rings. The summed E-state index contributed by atoms with van der Waals surface area (Å²) in [5, 5.41) is 8.98. The second-order valence-corrected chi connectivity index (χ2v) is 4.04. The molecule has 0 saturated heterocycles. The van der Waals surface area contributed by atoms with Crippen molar-refractivity contribution in [2.24, 2.45) is 0 Å². The number of carbonyl (C=O) groups is 1. The molecule has 0 aliphatic heterocycles. The van der Waals surface area contributed by atoms with Crippen molar-refractivity contribution in [3.63, 3.8) is 0 Å². The molecule has 0 aliphatic carbocycles. The van der Waals surface area contributed by atoms with E-state index in [9.17, 15) is 4.79 Å². The molecule has 3 nitrogen and oxygen atoms in total. The Morgan fingerprint density at radius 1 is 1.60 bits per heavy atom. The molecule has 82 valence electrons. The van der Waals surface area contributed by atoms with Crippen LogP contribution in [0.4, 0.5) is 0 Å². The summed E-state index contributed by atoms with van der Waals surface area (Å²) in [6.45, 7) is 4.08. The molecule has 0 aromatic heterocycles. The van der Waals surface area contributed by atoms with E-state index >= 15 is 0 Å². The predicted molar refractivity (Wildman–Crippen MR) is 60.9 cm³/mol. The van der Waals surface area contributed by atoms with Gasteiger partial charge in [-0.2, -0.15) is 0 Å². The zero-order valence-corrected chi connectivity index (χ0v) is 10.2. The van der Waals surface area contributed by atoms with E-state index in [2.05, 4.69) is 15.9 Å².